The quantitative estimate of drug-likeness (QED) is 0.176. The van der Waals surface area contributed by atoms with Gasteiger partial charge in [0.2, 0.25) is 0 Å². The highest BCUT2D eigenvalue weighted by molar-refractivity contribution is 6.06. The van der Waals surface area contributed by atoms with Gasteiger partial charge in [0.15, 0.2) is 5.82 Å². The second kappa shape index (κ2) is 11.1. The average Bonchev–Trinajstić information content (AvgIpc) is 3.63. The number of carbonyl (C=O) groups is 1. The van der Waals surface area contributed by atoms with Crippen LogP contribution in [0.15, 0.2) is 73.4 Å². The molecule has 3 aromatic heterocycles. The Bertz CT molecular complexity index is 1880. The van der Waals surface area contributed by atoms with Crippen LogP contribution in [-0.4, -0.2) is 30.4 Å². The predicted molar refractivity (Wildman–Crippen MR) is 140 cm³/mol. The molecular weight excluding hydrogens is 581 g/mol. The first-order valence-electron chi connectivity index (χ1n) is 12.2. The molecule has 5 rings (SSSR count). The third-order valence-corrected chi connectivity index (χ3v) is 6.02. The van der Waals surface area contributed by atoms with Gasteiger partial charge in [0.1, 0.15) is 17.2 Å². The number of benzene rings is 2. The van der Waals surface area contributed by atoms with Crippen LogP contribution in [0.5, 0.6) is 0 Å². The summed E-state index contributed by atoms with van der Waals surface area (Å²) in [4.78, 5) is 26.8. The van der Waals surface area contributed by atoms with E-state index in [9.17, 15) is 35.5 Å². The number of rotatable bonds is 4. The van der Waals surface area contributed by atoms with Crippen molar-refractivity contribution in [3.05, 3.63) is 113 Å². The van der Waals surface area contributed by atoms with E-state index in [-0.39, 0.29) is 34.0 Å². The highest BCUT2D eigenvalue weighted by atomic mass is 19.4. The highest BCUT2D eigenvalue weighted by Crippen LogP contribution is 2.34. The molecule has 7 nitrogen and oxygen atoms in total. The number of amides is 1. The molecule has 0 aliphatic rings. The number of hydrogen-bond acceptors (Lipinski definition) is 4. The van der Waals surface area contributed by atoms with E-state index in [1.54, 1.807) is 13.1 Å². The Morgan fingerprint density at radius 1 is 0.907 bits per heavy atom. The van der Waals surface area contributed by atoms with Gasteiger partial charge in [-0.15, -0.1) is 0 Å². The summed E-state index contributed by atoms with van der Waals surface area (Å²) in [6.45, 7) is 1.70. The van der Waals surface area contributed by atoms with Crippen LogP contribution in [0, 0.1) is 24.6 Å². The Morgan fingerprint density at radius 2 is 1.70 bits per heavy atom. The third kappa shape index (κ3) is 6.56. The van der Waals surface area contributed by atoms with E-state index in [1.165, 1.54) is 41.4 Å². The number of nitrogens with one attached hydrogen (secondary N) is 2. The molecule has 14 heteroatoms. The highest BCUT2D eigenvalue weighted by Gasteiger charge is 2.36. The molecule has 0 aliphatic heterocycles. The van der Waals surface area contributed by atoms with Crippen LogP contribution in [-0.2, 0) is 12.4 Å². The van der Waals surface area contributed by atoms with E-state index in [1.807, 2.05) is 0 Å². The van der Waals surface area contributed by atoms with E-state index in [2.05, 4.69) is 37.1 Å². The molecule has 0 fully saturated rings. The van der Waals surface area contributed by atoms with Crippen molar-refractivity contribution < 1.29 is 35.5 Å². The summed E-state index contributed by atoms with van der Waals surface area (Å²) < 4.78 is 95.5. The first kappa shape index (κ1) is 29.1. The van der Waals surface area contributed by atoms with Gasteiger partial charge in [-0.25, -0.2) is 14.4 Å². The zero-order valence-corrected chi connectivity index (χ0v) is 21.8. The molecule has 0 radical (unpaired) electrons. The molecule has 5 aromatic rings. The number of pyridine rings is 1. The second-order valence-electron chi connectivity index (χ2n) is 9.12. The van der Waals surface area contributed by atoms with Crippen molar-refractivity contribution in [2.24, 2.45) is 0 Å². The molecule has 2 N–H and O–H groups in total. The Labute approximate surface area is 238 Å². The molecular formula is C29H17F7N6O. The van der Waals surface area contributed by atoms with Crippen molar-refractivity contribution in [3.8, 4) is 29.0 Å². The van der Waals surface area contributed by atoms with Crippen molar-refractivity contribution >= 4 is 11.6 Å². The molecule has 0 saturated heterocycles. The van der Waals surface area contributed by atoms with Gasteiger partial charge >= 0.3 is 12.4 Å². The van der Waals surface area contributed by atoms with Gasteiger partial charge in [-0.05, 0) is 55.5 Å². The maximum atomic E-state index is 14.5. The zero-order chi connectivity index (χ0) is 30.9. The van der Waals surface area contributed by atoms with E-state index >= 15 is 0 Å². The number of carbonyl (C=O) groups excluding carboxylic acids is 1. The van der Waals surface area contributed by atoms with Crippen LogP contribution in [0.25, 0.3) is 17.2 Å². The van der Waals surface area contributed by atoms with Gasteiger partial charge < -0.3 is 14.9 Å². The van der Waals surface area contributed by atoms with Crippen LogP contribution in [0.3, 0.4) is 0 Å². The summed E-state index contributed by atoms with van der Waals surface area (Å²) in [6.07, 6.45) is -4.56. The lowest BCUT2D eigenvalue weighted by atomic mass is 10.0. The van der Waals surface area contributed by atoms with Crippen molar-refractivity contribution in [2.75, 3.05) is 5.32 Å². The van der Waals surface area contributed by atoms with Crippen molar-refractivity contribution in [3.63, 3.8) is 0 Å². The van der Waals surface area contributed by atoms with E-state index in [0.717, 1.165) is 24.3 Å². The topological polar surface area (TPSA) is 88.5 Å². The van der Waals surface area contributed by atoms with Gasteiger partial charge in [-0.3, -0.25) is 9.78 Å². The third-order valence-electron chi connectivity index (χ3n) is 6.02. The van der Waals surface area contributed by atoms with Gasteiger partial charge in [-0.1, -0.05) is 11.8 Å². The molecule has 218 valence electrons. The molecule has 0 unspecified atom stereocenters. The summed E-state index contributed by atoms with van der Waals surface area (Å²) in [6, 6.07) is 9.20. The first-order valence-corrected chi connectivity index (χ1v) is 12.2. The molecule has 2 aromatic carbocycles. The van der Waals surface area contributed by atoms with Crippen LogP contribution in [0.1, 0.15) is 38.4 Å². The molecule has 0 bridgehead atoms. The Kier molecular flexibility index (Phi) is 7.49. The van der Waals surface area contributed by atoms with Crippen LogP contribution in [0.2, 0.25) is 0 Å². The van der Waals surface area contributed by atoms with Gasteiger partial charge in [-0.2, -0.15) is 26.3 Å². The van der Waals surface area contributed by atoms with Crippen LogP contribution >= 0.6 is 0 Å². The molecule has 1 amide bonds. The number of alkyl halides is 6. The fraction of sp³-hybridized carbons (Fsp3) is 0.103. The number of hydrogen-bond donors (Lipinski definition) is 2. The summed E-state index contributed by atoms with van der Waals surface area (Å²) in [7, 11) is 0. The van der Waals surface area contributed by atoms with Gasteiger partial charge in [0, 0.05) is 29.3 Å². The Morgan fingerprint density at radius 3 is 2.33 bits per heavy atom. The number of aromatic amines is 1. The molecule has 0 aliphatic carbocycles. The number of H-pyrrole nitrogens is 1. The number of anilines is 1. The SMILES string of the molecule is Cc1cn(-c2ccc(C(F)(F)F)c(C(=O)Nc3ccc(F)c(C#Cc4ccc(-c5ncc(C(F)(F)F)[nH]5)nc4)c3)c2)cn1. The normalized spacial score (nSPS) is 11.6. The maximum Gasteiger partial charge on any atom is 0.432 e. The molecule has 0 saturated carbocycles. The summed E-state index contributed by atoms with van der Waals surface area (Å²) in [5.74, 6) is 3.25. The van der Waals surface area contributed by atoms with Gasteiger partial charge in [0.25, 0.3) is 5.91 Å². The largest absolute Gasteiger partial charge is 0.432 e. The second-order valence-corrected chi connectivity index (χ2v) is 9.12. The smallest absolute Gasteiger partial charge is 0.333 e. The summed E-state index contributed by atoms with van der Waals surface area (Å²) in [5, 5.41) is 2.36. The Hall–Kier alpha value is -5.45. The number of aryl methyl sites for hydroxylation is 1. The van der Waals surface area contributed by atoms with E-state index in [0.29, 0.717) is 11.9 Å². The predicted octanol–water partition coefficient (Wildman–Crippen LogP) is 6.79. The monoisotopic (exact) mass is 598 g/mol. The molecule has 3 heterocycles. The number of nitrogens with zero attached hydrogens (tertiary/aromatic N) is 4. The van der Waals surface area contributed by atoms with Crippen molar-refractivity contribution in [1.82, 2.24) is 24.5 Å². The fourth-order valence-corrected chi connectivity index (χ4v) is 3.93. The van der Waals surface area contributed by atoms with Crippen molar-refractivity contribution in [1.29, 1.82) is 0 Å². The maximum absolute atomic E-state index is 14.5. The zero-order valence-electron chi connectivity index (χ0n) is 21.8. The minimum Gasteiger partial charge on any atom is -0.333 e. The fourth-order valence-electron chi connectivity index (χ4n) is 3.93. The number of aromatic nitrogens is 5. The standard InChI is InChI=1S/C29H17F7N6O/c1-16-14-42(15-39-16)20-6-7-22(28(31,32)33)21(11-20)27(43)40-19-5-8-23(30)18(10-19)4-2-17-3-9-24(37-12-17)26-38-13-25(41-26)29(34,35)36/h3,5-15H,1H3,(H,38,41)(H,40,43). The van der Waals surface area contributed by atoms with Gasteiger partial charge in [0.05, 0.1) is 34.9 Å². The lowest BCUT2D eigenvalue weighted by molar-refractivity contribution is -0.141. The van der Waals surface area contributed by atoms with Crippen LogP contribution < -0.4 is 5.32 Å². The molecule has 43 heavy (non-hydrogen) atoms. The average molecular weight is 598 g/mol. The summed E-state index contributed by atoms with van der Waals surface area (Å²) >= 11 is 0. The molecule has 0 spiro atoms. The van der Waals surface area contributed by atoms with Crippen LogP contribution in [0.4, 0.5) is 36.4 Å². The lowest BCUT2D eigenvalue weighted by Gasteiger charge is -2.15. The van der Waals surface area contributed by atoms with E-state index in [4.69, 9.17) is 0 Å². The number of halogens is 7. The van der Waals surface area contributed by atoms with Crippen molar-refractivity contribution in [2.45, 2.75) is 19.3 Å². The number of imidazole rings is 2. The van der Waals surface area contributed by atoms with E-state index < -0.39 is 40.9 Å². The first-order chi connectivity index (χ1) is 20.3. The minimum atomic E-state index is -4.82. The Balaban J connectivity index is 1.37. The summed E-state index contributed by atoms with van der Waals surface area (Å²) in [5.41, 5.74) is -1.76. The lowest BCUT2D eigenvalue weighted by Crippen LogP contribution is -2.19. The molecule has 0 atom stereocenters. The minimum absolute atomic E-state index is 0.0144.